The van der Waals surface area contributed by atoms with Gasteiger partial charge in [-0.3, -0.25) is 0 Å². The Bertz CT molecular complexity index is 272. The first kappa shape index (κ1) is 7.54. The SMILES string of the molecule is [CH]=Cc1ccc(C(=O)O)cc1. The molecule has 0 aliphatic carbocycles. The first-order valence-electron chi connectivity index (χ1n) is 3.12. The summed E-state index contributed by atoms with van der Waals surface area (Å²) in [7, 11) is 0. The van der Waals surface area contributed by atoms with Gasteiger partial charge in [0.1, 0.15) is 0 Å². The third-order valence-corrected chi connectivity index (χ3v) is 1.35. The molecular weight excluding hydrogens is 140 g/mol. The molecule has 0 atom stereocenters. The van der Waals surface area contributed by atoms with Gasteiger partial charge in [0, 0.05) is 0 Å². The largest absolute Gasteiger partial charge is 0.478 e. The van der Waals surface area contributed by atoms with Crippen LogP contribution in [-0.4, -0.2) is 11.1 Å². The van der Waals surface area contributed by atoms with Crippen molar-refractivity contribution in [2.45, 2.75) is 0 Å². The van der Waals surface area contributed by atoms with E-state index in [1.54, 1.807) is 12.1 Å². The molecule has 0 aliphatic rings. The Hall–Kier alpha value is -1.57. The zero-order valence-corrected chi connectivity index (χ0v) is 5.82. The molecule has 0 aliphatic heterocycles. The maximum atomic E-state index is 10.4. The summed E-state index contributed by atoms with van der Waals surface area (Å²) in [5, 5.41) is 8.51. The van der Waals surface area contributed by atoms with Crippen molar-refractivity contribution < 1.29 is 9.90 Å². The number of carboxylic acids is 1. The molecule has 1 aromatic carbocycles. The Labute approximate surface area is 64.8 Å². The Morgan fingerprint density at radius 1 is 1.36 bits per heavy atom. The molecule has 0 unspecified atom stereocenters. The van der Waals surface area contributed by atoms with Crippen molar-refractivity contribution in [2.75, 3.05) is 0 Å². The van der Waals surface area contributed by atoms with Crippen molar-refractivity contribution in [3.63, 3.8) is 0 Å². The van der Waals surface area contributed by atoms with Gasteiger partial charge in [-0.15, -0.1) is 0 Å². The second-order valence-electron chi connectivity index (χ2n) is 2.09. The van der Waals surface area contributed by atoms with Gasteiger partial charge in [0.2, 0.25) is 0 Å². The molecule has 2 heteroatoms. The van der Waals surface area contributed by atoms with Gasteiger partial charge >= 0.3 is 5.97 Å². The number of carboxylic acid groups (broad SMARTS) is 1. The normalized spacial score (nSPS) is 9.09. The average molecular weight is 147 g/mol. The predicted octanol–water partition coefficient (Wildman–Crippen LogP) is 1.83. The molecule has 0 bridgehead atoms. The van der Waals surface area contributed by atoms with Crippen LogP contribution in [0.4, 0.5) is 0 Å². The number of benzene rings is 1. The van der Waals surface area contributed by atoms with Gasteiger partial charge < -0.3 is 5.11 Å². The highest BCUT2D eigenvalue weighted by atomic mass is 16.4. The lowest BCUT2D eigenvalue weighted by atomic mass is 10.1. The Morgan fingerprint density at radius 2 is 1.91 bits per heavy atom. The van der Waals surface area contributed by atoms with Crippen LogP contribution >= 0.6 is 0 Å². The second kappa shape index (κ2) is 3.01. The second-order valence-corrected chi connectivity index (χ2v) is 2.09. The molecule has 0 heterocycles. The van der Waals surface area contributed by atoms with Gasteiger partial charge in [-0.25, -0.2) is 4.79 Å². The summed E-state index contributed by atoms with van der Waals surface area (Å²) < 4.78 is 0. The highest BCUT2D eigenvalue weighted by Gasteiger charge is 1.99. The summed E-state index contributed by atoms with van der Waals surface area (Å²) in [5.74, 6) is -0.923. The summed E-state index contributed by atoms with van der Waals surface area (Å²) >= 11 is 0. The van der Waals surface area contributed by atoms with Gasteiger partial charge in [-0.1, -0.05) is 24.8 Å². The van der Waals surface area contributed by atoms with Crippen LogP contribution in [0.1, 0.15) is 15.9 Å². The molecule has 1 rings (SSSR count). The minimum Gasteiger partial charge on any atom is -0.478 e. The van der Waals surface area contributed by atoms with E-state index in [4.69, 9.17) is 11.7 Å². The number of hydrogen-bond acceptors (Lipinski definition) is 1. The summed E-state index contributed by atoms with van der Waals surface area (Å²) in [6.07, 6.45) is 1.42. The fourth-order valence-corrected chi connectivity index (χ4v) is 0.737. The van der Waals surface area contributed by atoms with Gasteiger partial charge in [0.25, 0.3) is 0 Å². The fraction of sp³-hybridized carbons (Fsp3) is 0. The van der Waals surface area contributed by atoms with Gasteiger partial charge in [-0.2, -0.15) is 0 Å². The number of carbonyl (C=O) groups is 1. The molecule has 0 fully saturated rings. The van der Waals surface area contributed by atoms with E-state index in [2.05, 4.69) is 0 Å². The van der Waals surface area contributed by atoms with Crippen LogP contribution in [0.25, 0.3) is 6.08 Å². The van der Waals surface area contributed by atoms with Gasteiger partial charge in [-0.05, 0) is 17.7 Å². The topological polar surface area (TPSA) is 37.3 Å². The van der Waals surface area contributed by atoms with E-state index in [1.165, 1.54) is 18.2 Å². The van der Waals surface area contributed by atoms with Crippen LogP contribution in [0.5, 0.6) is 0 Å². The highest BCUT2D eigenvalue weighted by molar-refractivity contribution is 5.87. The van der Waals surface area contributed by atoms with E-state index in [9.17, 15) is 4.79 Å². The molecule has 0 saturated heterocycles. The first-order chi connectivity index (χ1) is 5.24. The molecule has 0 saturated carbocycles. The van der Waals surface area contributed by atoms with Crippen LogP contribution in [0.15, 0.2) is 24.3 Å². The van der Waals surface area contributed by atoms with Crippen LogP contribution < -0.4 is 0 Å². The van der Waals surface area contributed by atoms with Crippen molar-refractivity contribution in [3.8, 4) is 0 Å². The third-order valence-electron chi connectivity index (χ3n) is 1.35. The predicted molar refractivity (Wildman–Crippen MR) is 42.2 cm³/mol. The molecule has 2 nitrogen and oxygen atoms in total. The quantitative estimate of drug-likeness (QED) is 0.692. The average Bonchev–Trinajstić information content (AvgIpc) is 2.05. The van der Waals surface area contributed by atoms with Crippen LogP contribution in [0.3, 0.4) is 0 Å². The highest BCUT2D eigenvalue weighted by Crippen LogP contribution is 2.04. The van der Waals surface area contributed by atoms with Gasteiger partial charge in [0.15, 0.2) is 0 Å². The van der Waals surface area contributed by atoms with Crippen LogP contribution in [0.2, 0.25) is 0 Å². The lowest BCUT2D eigenvalue weighted by Gasteiger charge is -1.93. The Kier molecular flexibility index (Phi) is 2.06. The summed E-state index contributed by atoms with van der Waals surface area (Å²) in [6.45, 7) is 5.20. The molecule has 55 valence electrons. The standard InChI is InChI=1S/C9H7O2/c1-2-7-3-5-8(6-4-7)9(10)11/h1-6H,(H,10,11). The monoisotopic (exact) mass is 147 g/mol. The molecule has 1 radical (unpaired) electrons. The number of aromatic carboxylic acids is 1. The molecule has 0 spiro atoms. The maximum absolute atomic E-state index is 10.4. The van der Waals surface area contributed by atoms with E-state index in [1.807, 2.05) is 0 Å². The summed E-state index contributed by atoms with van der Waals surface area (Å²) in [4.78, 5) is 10.4. The molecule has 1 aromatic rings. The number of hydrogen-bond donors (Lipinski definition) is 1. The minimum atomic E-state index is -0.923. The Balaban J connectivity index is 3.00. The summed E-state index contributed by atoms with van der Waals surface area (Å²) in [6, 6.07) is 6.34. The van der Waals surface area contributed by atoms with Crippen molar-refractivity contribution in [1.29, 1.82) is 0 Å². The molecule has 1 N–H and O–H groups in total. The first-order valence-corrected chi connectivity index (χ1v) is 3.12. The maximum Gasteiger partial charge on any atom is 0.335 e. The minimum absolute atomic E-state index is 0.274. The molecular formula is C9H7O2. The van der Waals surface area contributed by atoms with Crippen molar-refractivity contribution >= 4 is 12.0 Å². The third kappa shape index (κ3) is 1.67. The van der Waals surface area contributed by atoms with Crippen molar-refractivity contribution in [2.24, 2.45) is 0 Å². The van der Waals surface area contributed by atoms with E-state index in [0.717, 1.165) is 5.56 Å². The van der Waals surface area contributed by atoms with Crippen LogP contribution in [0, 0.1) is 6.58 Å². The summed E-state index contributed by atoms with van der Waals surface area (Å²) in [5.41, 5.74) is 1.09. The lowest BCUT2D eigenvalue weighted by molar-refractivity contribution is 0.0697. The Morgan fingerprint density at radius 3 is 2.27 bits per heavy atom. The molecule has 11 heavy (non-hydrogen) atoms. The fourth-order valence-electron chi connectivity index (χ4n) is 0.737. The molecule has 0 amide bonds. The zero-order chi connectivity index (χ0) is 8.27. The molecule has 0 aromatic heterocycles. The van der Waals surface area contributed by atoms with Crippen molar-refractivity contribution in [3.05, 3.63) is 42.0 Å². The lowest BCUT2D eigenvalue weighted by Crippen LogP contribution is -1.94. The van der Waals surface area contributed by atoms with Crippen LogP contribution in [-0.2, 0) is 0 Å². The smallest absolute Gasteiger partial charge is 0.335 e. The van der Waals surface area contributed by atoms with E-state index in [0.29, 0.717) is 0 Å². The van der Waals surface area contributed by atoms with E-state index in [-0.39, 0.29) is 5.56 Å². The van der Waals surface area contributed by atoms with E-state index >= 15 is 0 Å². The van der Waals surface area contributed by atoms with Gasteiger partial charge in [0.05, 0.1) is 5.56 Å². The number of rotatable bonds is 2. The zero-order valence-electron chi connectivity index (χ0n) is 5.82. The van der Waals surface area contributed by atoms with E-state index < -0.39 is 5.97 Å². The van der Waals surface area contributed by atoms with Crippen molar-refractivity contribution in [1.82, 2.24) is 0 Å².